The summed E-state index contributed by atoms with van der Waals surface area (Å²) < 4.78 is 27.0. The summed E-state index contributed by atoms with van der Waals surface area (Å²) in [6, 6.07) is 13.2. The molecule has 1 N–H and O–H groups in total. The van der Waals surface area contributed by atoms with Crippen LogP contribution in [0.5, 0.6) is 0 Å². The Morgan fingerprint density at radius 2 is 1.71 bits per heavy atom. The predicted molar refractivity (Wildman–Crippen MR) is 98.6 cm³/mol. The average Bonchev–Trinajstić information content (AvgIpc) is 2.56. The molecule has 0 aliphatic carbocycles. The van der Waals surface area contributed by atoms with Crippen LogP contribution in [0.3, 0.4) is 0 Å². The van der Waals surface area contributed by atoms with Gasteiger partial charge in [0.25, 0.3) is 5.91 Å². The Morgan fingerprint density at radius 3 is 2.25 bits per heavy atom. The van der Waals surface area contributed by atoms with Gasteiger partial charge in [-0.25, -0.2) is 8.42 Å². The van der Waals surface area contributed by atoms with Crippen molar-refractivity contribution >= 4 is 37.5 Å². The molecule has 0 aromatic heterocycles. The highest BCUT2D eigenvalue weighted by molar-refractivity contribution is 9.10. The van der Waals surface area contributed by atoms with Crippen molar-refractivity contribution in [1.29, 1.82) is 0 Å². The monoisotopic (exact) mass is 410 g/mol. The highest BCUT2D eigenvalue weighted by Crippen LogP contribution is 2.19. The first-order chi connectivity index (χ1) is 11.4. The molecule has 0 bridgehead atoms. The van der Waals surface area contributed by atoms with Crippen molar-refractivity contribution in [3.05, 3.63) is 58.6 Å². The summed E-state index contributed by atoms with van der Waals surface area (Å²) in [4.78, 5) is 12.4. The van der Waals surface area contributed by atoms with Gasteiger partial charge in [-0.1, -0.05) is 35.8 Å². The van der Waals surface area contributed by atoms with E-state index < -0.39 is 10.0 Å². The lowest BCUT2D eigenvalue weighted by atomic mass is 10.2. The molecule has 0 spiro atoms. The fraction of sp³-hybridized carbons (Fsp3) is 0.235. The number of hydrogen-bond donors (Lipinski definition) is 1. The SMILES string of the molecule is CCN(CC)S(=O)(=O)c1ccc(NC(=O)c2cccc(Br)c2)cc1. The first-order valence-electron chi connectivity index (χ1n) is 7.55. The number of amides is 1. The molecule has 24 heavy (non-hydrogen) atoms. The lowest BCUT2D eigenvalue weighted by Gasteiger charge is -2.18. The van der Waals surface area contributed by atoms with E-state index in [0.717, 1.165) is 4.47 Å². The van der Waals surface area contributed by atoms with Crippen LogP contribution in [-0.2, 0) is 10.0 Å². The molecule has 5 nitrogen and oxygen atoms in total. The van der Waals surface area contributed by atoms with Crippen molar-refractivity contribution in [1.82, 2.24) is 4.31 Å². The number of nitrogens with one attached hydrogen (secondary N) is 1. The van der Waals surface area contributed by atoms with Crippen molar-refractivity contribution in [2.45, 2.75) is 18.7 Å². The van der Waals surface area contributed by atoms with E-state index in [1.165, 1.54) is 16.4 Å². The van der Waals surface area contributed by atoms with Gasteiger partial charge in [-0.05, 0) is 42.5 Å². The van der Waals surface area contributed by atoms with Gasteiger partial charge in [-0.15, -0.1) is 0 Å². The molecule has 0 saturated heterocycles. The molecule has 2 aromatic rings. The first kappa shape index (κ1) is 18.6. The van der Waals surface area contributed by atoms with Gasteiger partial charge in [0.05, 0.1) is 4.90 Å². The molecule has 0 atom stereocenters. The van der Waals surface area contributed by atoms with Crippen molar-refractivity contribution in [3.63, 3.8) is 0 Å². The smallest absolute Gasteiger partial charge is 0.255 e. The van der Waals surface area contributed by atoms with Gasteiger partial charge in [0.2, 0.25) is 10.0 Å². The second-order valence-corrected chi connectivity index (χ2v) is 7.93. The number of benzene rings is 2. The Labute approximate surface area is 150 Å². The third-order valence-electron chi connectivity index (χ3n) is 3.54. The molecule has 7 heteroatoms. The van der Waals surface area contributed by atoms with Gasteiger partial charge in [-0.2, -0.15) is 4.31 Å². The highest BCUT2D eigenvalue weighted by atomic mass is 79.9. The van der Waals surface area contributed by atoms with E-state index in [2.05, 4.69) is 21.2 Å². The predicted octanol–water partition coefficient (Wildman–Crippen LogP) is 3.73. The van der Waals surface area contributed by atoms with Crippen LogP contribution in [0.1, 0.15) is 24.2 Å². The minimum absolute atomic E-state index is 0.214. The summed E-state index contributed by atoms with van der Waals surface area (Å²) >= 11 is 3.32. The maximum absolute atomic E-state index is 12.4. The standard InChI is InChI=1S/C17H19BrN2O3S/c1-3-20(4-2)24(22,23)16-10-8-15(9-11-16)19-17(21)13-6-5-7-14(18)12-13/h5-12H,3-4H2,1-2H3,(H,19,21). The topological polar surface area (TPSA) is 66.5 Å². The van der Waals surface area contributed by atoms with Gasteiger partial charge in [-0.3, -0.25) is 4.79 Å². The zero-order valence-electron chi connectivity index (χ0n) is 13.5. The number of sulfonamides is 1. The number of anilines is 1. The van der Waals surface area contributed by atoms with Crippen LogP contribution in [0, 0.1) is 0 Å². The van der Waals surface area contributed by atoms with Crippen molar-refractivity contribution in [2.24, 2.45) is 0 Å². The molecular weight excluding hydrogens is 392 g/mol. The Bertz CT molecular complexity index is 816. The molecule has 0 aliphatic heterocycles. The lowest BCUT2D eigenvalue weighted by molar-refractivity contribution is 0.102. The summed E-state index contributed by atoms with van der Waals surface area (Å²) in [6.07, 6.45) is 0. The molecule has 0 aliphatic rings. The Morgan fingerprint density at radius 1 is 1.08 bits per heavy atom. The maximum atomic E-state index is 12.4. The van der Waals surface area contributed by atoms with Gasteiger partial charge in [0.15, 0.2) is 0 Å². The highest BCUT2D eigenvalue weighted by Gasteiger charge is 2.21. The van der Waals surface area contributed by atoms with Crippen LogP contribution in [0.25, 0.3) is 0 Å². The zero-order chi connectivity index (χ0) is 17.7. The second kappa shape index (κ2) is 7.92. The summed E-state index contributed by atoms with van der Waals surface area (Å²) in [5, 5.41) is 2.75. The van der Waals surface area contributed by atoms with Crippen molar-refractivity contribution in [3.8, 4) is 0 Å². The number of carbonyl (C=O) groups excluding carboxylic acids is 1. The van der Waals surface area contributed by atoms with Gasteiger partial charge in [0, 0.05) is 28.8 Å². The molecule has 0 heterocycles. The van der Waals surface area contributed by atoms with E-state index in [1.54, 1.807) is 44.2 Å². The van der Waals surface area contributed by atoms with E-state index in [-0.39, 0.29) is 10.8 Å². The first-order valence-corrected chi connectivity index (χ1v) is 9.79. The summed E-state index contributed by atoms with van der Waals surface area (Å²) in [5.41, 5.74) is 1.06. The van der Waals surface area contributed by atoms with E-state index in [9.17, 15) is 13.2 Å². The van der Waals surface area contributed by atoms with Gasteiger partial charge >= 0.3 is 0 Å². The number of rotatable bonds is 6. The third-order valence-corrected chi connectivity index (χ3v) is 6.10. The fourth-order valence-corrected chi connectivity index (χ4v) is 4.11. The van der Waals surface area contributed by atoms with E-state index >= 15 is 0 Å². The third kappa shape index (κ3) is 4.23. The molecular formula is C17H19BrN2O3S. The molecule has 1 amide bonds. The van der Waals surface area contributed by atoms with Crippen LogP contribution in [0.15, 0.2) is 57.9 Å². The quantitative estimate of drug-likeness (QED) is 0.788. The molecule has 128 valence electrons. The molecule has 0 unspecified atom stereocenters. The molecule has 2 rings (SSSR count). The minimum atomic E-state index is -3.49. The van der Waals surface area contributed by atoms with E-state index in [1.807, 2.05) is 6.07 Å². The number of hydrogen-bond acceptors (Lipinski definition) is 3. The van der Waals surface area contributed by atoms with Gasteiger partial charge < -0.3 is 5.32 Å². The normalized spacial score (nSPS) is 11.5. The molecule has 0 saturated carbocycles. The number of halogens is 1. The van der Waals surface area contributed by atoms with Crippen LogP contribution < -0.4 is 5.32 Å². The summed E-state index contributed by atoms with van der Waals surface area (Å²) in [5.74, 6) is -0.254. The van der Waals surface area contributed by atoms with Crippen LogP contribution in [0.4, 0.5) is 5.69 Å². The van der Waals surface area contributed by atoms with Gasteiger partial charge in [0.1, 0.15) is 0 Å². The lowest BCUT2D eigenvalue weighted by Crippen LogP contribution is -2.30. The van der Waals surface area contributed by atoms with Crippen LogP contribution >= 0.6 is 15.9 Å². The zero-order valence-corrected chi connectivity index (χ0v) is 15.9. The minimum Gasteiger partial charge on any atom is -0.322 e. The molecule has 0 radical (unpaired) electrons. The average molecular weight is 411 g/mol. The number of carbonyl (C=O) groups is 1. The fourth-order valence-electron chi connectivity index (χ4n) is 2.26. The van der Waals surface area contributed by atoms with E-state index in [4.69, 9.17) is 0 Å². The van der Waals surface area contributed by atoms with Crippen molar-refractivity contribution < 1.29 is 13.2 Å². The van der Waals surface area contributed by atoms with E-state index in [0.29, 0.717) is 24.3 Å². The Balaban J connectivity index is 2.17. The Hall–Kier alpha value is -1.70. The van der Waals surface area contributed by atoms with Crippen LogP contribution in [0.2, 0.25) is 0 Å². The molecule has 2 aromatic carbocycles. The second-order valence-electron chi connectivity index (χ2n) is 5.08. The Kier molecular flexibility index (Phi) is 6.15. The maximum Gasteiger partial charge on any atom is 0.255 e. The summed E-state index contributed by atoms with van der Waals surface area (Å²) in [7, 11) is -3.49. The largest absolute Gasteiger partial charge is 0.322 e. The van der Waals surface area contributed by atoms with Crippen LogP contribution in [-0.4, -0.2) is 31.7 Å². The molecule has 0 fully saturated rings. The van der Waals surface area contributed by atoms with Crippen molar-refractivity contribution in [2.75, 3.05) is 18.4 Å². The number of nitrogens with zero attached hydrogens (tertiary/aromatic N) is 1. The summed E-state index contributed by atoms with van der Waals surface area (Å²) in [6.45, 7) is 4.43.